The van der Waals surface area contributed by atoms with Gasteiger partial charge in [0.25, 0.3) is 0 Å². The second-order valence-corrected chi connectivity index (χ2v) is 6.07. The van der Waals surface area contributed by atoms with Crippen molar-refractivity contribution in [2.24, 2.45) is 0 Å². The third-order valence-electron chi connectivity index (χ3n) is 3.87. The van der Waals surface area contributed by atoms with E-state index < -0.39 is 0 Å². The lowest BCUT2D eigenvalue weighted by Gasteiger charge is -2.25. The zero-order valence-electron chi connectivity index (χ0n) is 14.3. The largest absolute Gasteiger partial charge is 0.497 e. The number of nitrogens with zero attached hydrogens (tertiary/aromatic N) is 1. The van der Waals surface area contributed by atoms with Crippen LogP contribution in [0.15, 0.2) is 71.3 Å². The Morgan fingerprint density at radius 2 is 1.85 bits per heavy atom. The van der Waals surface area contributed by atoms with Crippen LogP contribution in [0.2, 0.25) is 0 Å². The summed E-state index contributed by atoms with van der Waals surface area (Å²) in [5.74, 6) is 1.25. The Hall–Kier alpha value is -2.86. The molecule has 0 bridgehead atoms. The van der Waals surface area contributed by atoms with Crippen LogP contribution in [0.5, 0.6) is 5.75 Å². The number of hydrogen-bond donors (Lipinski definition) is 1. The molecule has 1 aromatic heterocycles. The first-order chi connectivity index (χ1) is 12.7. The molecule has 0 fully saturated rings. The van der Waals surface area contributed by atoms with Gasteiger partial charge in [-0.2, -0.15) is 0 Å². The maximum atomic E-state index is 14.1. The number of thiocarbonyl (C=S) groups is 1. The Morgan fingerprint density at radius 1 is 1.08 bits per heavy atom. The minimum absolute atomic E-state index is 0.260. The minimum Gasteiger partial charge on any atom is -0.497 e. The normalized spacial score (nSPS) is 10.4. The Kier molecular flexibility index (Phi) is 5.86. The van der Waals surface area contributed by atoms with Gasteiger partial charge < -0.3 is 19.4 Å². The number of nitrogens with one attached hydrogen (secondary N) is 1. The highest BCUT2D eigenvalue weighted by Gasteiger charge is 2.15. The number of halogens is 1. The summed E-state index contributed by atoms with van der Waals surface area (Å²) in [7, 11) is 1.62. The molecule has 1 heterocycles. The van der Waals surface area contributed by atoms with Crippen molar-refractivity contribution < 1.29 is 13.5 Å². The second kappa shape index (κ2) is 8.49. The highest BCUT2D eigenvalue weighted by molar-refractivity contribution is 7.80. The highest BCUT2D eigenvalue weighted by Crippen LogP contribution is 2.18. The monoisotopic (exact) mass is 370 g/mol. The van der Waals surface area contributed by atoms with Crippen molar-refractivity contribution in [2.45, 2.75) is 13.1 Å². The molecule has 0 atom stereocenters. The van der Waals surface area contributed by atoms with Crippen LogP contribution in [0.4, 0.5) is 10.1 Å². The van der Waals surface area contributed by atoms with E-state index in [1.54, 1.807) is 25.5 Å². The third-order valence-corrected chi connectivity index (χ3v) is 4.23. The molecule has 0 saturated carbocycles. The summed E-state index contributed by atoms with van der Waals surface area (Å²) >= 11 is 5.55. The Labute approximate surface area is 157 Å². The lowest BCUT2D eigenvalue weighted by molar-refractivity contribution is 0.355. The summed E-state index contributed by atoms with van der Waals surface area (Å²) in [5.41, 5.74) is 1.40. The Balaban J connectivity index is 1.77. The topological polar surface area (TPSA) is 37.6 Å². The third kappa shape index (κ3) is 4.61. The van der Waals surface area contributed by atoms with E-state index in [-0.39, 0.29) is 5.82 Å². The van der Waals surface area contributed by atoms with Crippen LogP contribution in [0.25, 0.3) is 0 Å². The molecule has 0 aliphatic rings. The molecule has 26 heavy (non-hydrogen) atoms. The molecule has 0 amide bonds. The van der Waals surface area contributed by atoms with Crippen LogP contribution in [-0.4, -0.2) is 17.1 Å². The lowest BCUT2D eigenvalue weighted by atomic mass is 10.2. The van der Waals surface area contributed by atoms with E-state index in [2.05, 4.69) is 5.32 Å². The van der Waals surface area contributed by atoms with E-state index in [9.17, 15) is 4.39 Å². The molecular formula is C20H19FN2O2S. The van der Waals surface area contributed by atoms with Gasteiger partial charge in [-0.05, 0) is 54.7 Å². The van der Waals surface area contributed by atoms with Crippen molar-refractivity contribution in [3.05, 3.63) is 84.1 Å². The van der Waals surface area contributed by atoms with Gasteiger partial charge in [0.15, 0.2) is 5.11 Å². The molecule has 3 aromatic rings. The van der Waals surface area contributed by atoms with Crippen molar-refractivity contribution in [2.75, 3.05) is 12.4 Å². The van der Waals surface area contributed by atoms with E-state index in [4.69, 9.17) is 21.4 Å². The van der Waals surface area contributed by atoms with Crippen LogP contribution in [0.1, 0.15) is 11.3 Å². The SMILES string of the molecule is COc1ccc(NC(=S)N(Cc2ccco2)Cc2ccccc2F)cc1. The van der Waals surface area contributed by atoms with Crippen LogP contribution in [-0.2, 0) is 13.1 Å². The van der Waals surface area contributed by atoms with E-state index in [1.165, 1.54) is 6.07 Å². The molecule has 0 aliphatic carbocycles. The summed E-state index contributed by atoms with van der Waals surface area (Å²) in [6.45, 7) is 0.763. The zero-order valence-corrected chi connectivity index (χ0v) is 15.1. The average Bonchev–Trinajstić information content (AvgIpc) is 3.16. The summed E-state index contributed by atoms with van der Waals surface area (Å²) in [4.78, 5) is 1.86. The van der Waals surface area contributed by atoms with Gasteiger partial charge in [0.05, 0.1) is 19.9 Å². The molecule has 0 radical (unpaired) electrons. The fraction of sp³-hybridized carbons (Fsp3) is 0.150. The van der Waals surface area contributed by atoms with Crippen LogP contribution < -0.4 is 10.1 Å². The first kappa shape index (κ1) is 17.9. The average molecular weight is 370 g/mol. The maximum absolute atomic E-state index is 14.1. The number of furan rings is 1. The number of rotatable bonds is 6. The number of hydrogen-bond acceptors (Lipinski definition) is 3. The van der Waals surface area contributed by atoms with E-state index in [0.29, 0.717) is 23.8 Å². The molecule has 3 rings (SSSR count). The van der Waals surface area contributed by atoms with Crippen molar-refractivity contribution in [3.63, 3.8) is 0 Å². The maximum Gasteiger partial charge on any atom is 0.174 e. The molecule has 6 heteroatoms. The molecule has 0 aliphatic heterocycles. The Bertz CT molecular complexity index is 851. The van der Waals surface area contributed by atoms with Crippen LogP contribution in [0, 0.1) is 5.82 Å². The molecule has 0 unspecified atom stereocenters. The summed E-state index contributed by atoms with van der Waals surface area (Å²) in [5, 5.41) is 3.66. The van der Waals surface area contributed by atoms with Gasteiger partial charge in [0.1, 0.15) is 17.3 Å². The second-order valence-electron chi connectivity index (χ2n) is 5.69. The van der Waals surface area contributed by atoms with E-state index in [0.717, 1.165) is 17.2 Å². The van der Waals surface area contributed by atoms with Gasteiger partial charge in [-0.25, -0.2) is 4.39 Å². The predicted molar refractivity (Wildman–Crippen MR) is 104 cm³/mol. The number of methoxy groups -OCH3 is 1. The van der Waals surface area contributed by atoms with Gasteiger partial charge in [0, 0.05) is 17.8 Å². The fourth-order valence-corrected chi connectivity index (χ4v) is 2.75. The number of anilines is 1. The van der Waals surface area contributed by atoms with Crippen molar-refractivity contribution in [1.29, 1.82) is 0 Å². The number of ether oxygens (including phenoxy) is 1. The van der Waals surface area contributed by atoms with E-state index >= 15 is 0 Å². The number of benzene rings is 2. The van der Waals surface area contributed by atoms with Gasteiger partial charge in [-0.1, -0.05) is 18.2 Å². The zero-order chi connectivity index (χ0) is 18.4. The standard InChI is InChI=1S/C20H19FN2O2S/c1-24-17-10-8-16(9-11-17)22-20(26)23(14-18-6-4-12-25-18)13-15-5-2-3-7-19(15)21/h2-12H,13-14H2,1H3,(H,22,26). The predicted octanol–water partition coefficient (Wildman–Crippen LogP) is 4.83. The molecule has 0 saturated heterocycles. The Morgan fingerprint density at radius 3 is 2.50 bits per heavy atom. The van der Waals surface area contributed by atoms with Gasteiger partial charge >= 0.3 is 0 Å². The van der Waals surface area contributed by atoms with Crippen LogP contribution >= 0.6 is 12.2 Å². The smallest absolute Gasteiger partial charge is 0.174 e. The summed E-state index contributed by atoms with van der Waals surface area (Å²) in [6, 6.07) is 17.8. The lowest BCUT2D eigenvalue weighted by Crippen LogP contribution is -2.34. The first-order valence-corrected chi connectivity index (χ1v) is 8.52. The van der Waals surface area contributed by atoms with Crippen LogP contribution in [0.3, 0.4) is 0 Å². The van der Waals surface area contributed by atoms with Gasteiger partial charge in [-0.3, -0.25) is 0 Å². The molecule has 0 spiro atoms. The molecular weight excluding hydrogens is 351 g/mol. The van der Waals surface area contributed by atoms with Gasteiger partial charge in [0.2, 0.25) is 0 Å². The van der Waals surface area contributed by atoms with Crippen molar-refractivity contribution in [3.8, 4) is 5.75 Å². The fourth-order valence-electron chi connectivity index (χ4n) is 2.50. The summed E-state index contributed by atoms with van der Waals surface area (Å²) in [6.07, 6.45) is 1.61. The van der Waals surface area contributed by atoms with Crippen molar-refractivity contribution >= 4 is 23.0 Å². The van der Waals surface area contributed by atoms with Crippen molar-refractivity contribution in [1.82, 2.24) is 4.90 Å². The summed E-state index contributed by atoms with van der Waals surface area (Å²) < 4.78 is 24.7. The quantitative estimate of drug-likeness (QED) is 0.629. The van der Waals surface area contributed by atoms with Gasteiger partial charge in [-0.15, -0.1) is 0 Å². The molecule has 2 aromatic carbocycles. The minimum atomic E-state index is -0.260. The molecule has 4 nitrogen and oxygen atoms in total. The first-order valence-electron chi connectivity index (χ1n) is 8.11. The van der Waals surface area contributed by atoms with E-state index in [1.807, 2.05) is 47.4 Å². The molecule has 134 valence electrons. The highest BCUT2D eigenvalue weighted by atomic mass is 32.1. The molecule has 1 N–H and O–H groups in total.